The van der Waals surface area contributed by atoms with Crippen LogP contribution in [0, 0.1) is 10.1 Å². The van der Waals surface area contributed by atoms with Crippen molar-refractivity contribution in [2.24, 2.45) is 0 Å². The minimum absolute atomic E-state index is 0.271. The van der Waals surface area contributed by atoms with Crippen LogP contribution in [0.25, 0.3) is 0 Å². The molecule has 0 spiro atoms. The number of hydrogen-bond acceptors (Lipinski definition) is 5. The lowest BCUT2D eigenvalue weighted by Gasteiger charge is -2.13. The molecule has 0 radical (unpaired) electrons. The molecular formula is C10H5Cl4NO5. The molecule has 6 nitrogen and oxygen atoms in total. The minimum Gasteiger partial charge on any atom is -0.421 e. The van der Waals surface area contributed by atoms with Crippen LogP contribution in [0.15, 0.2) is 12.1 Å². The van der Waals surface area contributed by atoms with Gasteiger partial charge in [-0.25, -0.2) is 4.79 Å². The lowest BCUT2D eigenvalue weighted by Crippen LogP contribution is -2.25. The predicted molar refractivity (Wildman–Crippen MR) is 74.0 cm³/mol. The number of hydrogen-bond donors (Lipinski definition) is 0. The van der Waals surface area contributed by atoms with Gasteiger partial charge < -0.3 is 4.74 Å². The van der Waals surface area contributed by atoms with E-state index in [4.69, 9.17) is 51.1 Å². The molecule has 0 atom stereocenters. The van der Waals surface area contributed by atoms with Crippen LogP contribution in [0.4, 0.5) is 5.69 Å². The molecule has 0 aliphatic rings. The number of carbonyl (C=O) groups is 2. The zero-order valence-corrected chi connectivity index (χ0v) is 12.7. The van der Waals surface area contributed by atoms with E-state index in [0.717, 1.165) is 19.1 Å². The Kier molecular flexibility index (Phi) is 5.21. The van der Waals surface area contributed by atoms with Crippen molar-refractivity contribution < 1.29 is 19.2 Å². The van der Waals surface area contributed by atoms with Crippen LogP contribution in [0.2, 0.25) is 5.02 Å². The van der Waals surface area contributed by atoms with Crippen molar-refractivity contribution in [3.63, 3.8) is 0 Å². The van der Waals surface area contributed by atoms with Crippen molar-refractivity contribution in [3.8, 4) is 5.75 Å². The summed E-state index contributed by atoms with van der Waals surface area (Å²) in [5.74, 6) is -2.30. The summed E-state index contributed by atoms with van der Waals surface area (Å²) in [7, 11) is 0. The first-order valence-corrected chi connectivity index (χ1v) is 6.33. The van der Waals surface area contributed by atoms with E-state index in [1.165, 1.54) is 0 Å². The number of nitrogens with zero attached hydrogens (tertiary/aromatic N) is 1. The highest BCUT2D eigenvalue weighted by Gasteiger charge is 2.35. The Hall–Kier alpha value is -1.08. The van der Waals surface area contributed by atoms with Crippen LogP contribution >= 0.6 is 46.4 Å². The van der Waals surface area contributed by atoms with E-state index in [1.807, 2.05) is 0 Å². The SMILES string of the molecule is CC(=O)c1cc([N+](=O)[O-])cc(Cl)c1OC(=O)C(Cl)(Cl)Cl. The first kappa shape index (κ1) is 17.0. The molecule has 108 valence electrons. The van der Waals surface area contributed by atoms with Crippen LogP contribution in [-0.4, -0.2) is 20.5 Å². The molecule has 0 saturated carbocycles. The third kappa shape index (κ3) is 3.96. The van der Waals surface area contributed by atoms with Gasteiger partial charge in [0.2, 0.25) is 0 Å². The average Bonchev–Trinajstić information content (AvgIpc) is 2.29. The van der Waals surface area contributed by atoms with Gasteiger partial charge in [0.05, 0.1) is 15.5 Å². The van der Waals surface area contributed by atoms with E-state index < -0.39 is 31.9 Å². The Morgan fingerprint density at radius 1 is 1.30 bits per heavy atom. The molecule has 0 saturated heterocycles. The third-order valence-corrected chi connectivity index (χ3v) is 2.79. The molecule has 0 unspecified atom stereocenters. The van der Waals surface area contributed by atoms with Gasteiger partial charge in [-0.3, -0.25) is 14.9 Å². The Balaban J connectivity index is 3.36. The van der Waals surface area contributed by atoms with Crippen molar-refractivity contribution in [1.29, 1.82) is 0 Å². The van der Waals surface area contributed by atoms with E-state index in [1.54, 1.807) is 0 Å². The van der Waals surface area contributed by atoms with Crippen LogP contribution in [-0.2, 0) is 4.79 Å². The molecule has 0 bridgehead atoms. The van der Waals surface area contributed by atoms with Gasteiger partial charge in [-0.2, -0.15) is 0 Å². The highest BCUT2D eigenvalue weighted by Crippen LogP contribution is 2.36. The second-order valence-corrected chi connectivity index (χ2v) is 6.19. The third-order valence-electron chi connectivity index (χ3n) is 2.04. The van der Waals surface area contributed by atoms with Gasteiger partial charge >= 0.3 is 5.97 Å². The summed E-state index contributed by atoms with van der Waals surface area (Å²) in [6.45, 7) is 1.11. The summed E-state index contributed by atoms with van der Waals surface area (Å²) in [6, 6.07) is 1.82. The highest BCUT2D eigenvalue weighted by molar-refractivity contribution is 6.75. The first-order chi connectivity index (χ1) is 9.04. The lowest BCUT2D eigenvalue weighted by molar-refractivity contribution is -0.384. The maximum Gasteiger partial charge on any atom is 0.364 e. The maximum absolute atomic E-state index is 11.5. The largest absolute Gasteiger partial charge is 0.421 e. The number of carbonyl (C=O) groups excluding carboxylic acids is 2. The van der Waals surface area contributed by atoms with E-state index in [-0.39, 0.29) is 10.6 Å². The van der Waals surface area contributed by atoms with E-state index in [9.17, 15) is 19.7 Å². The number of rotatable bonds is 3. The fraction of sp³-hybridized carbons (Fsp3) is 0.200. The molecule has 0 heterocycles. The Bertz CT molecular complexity index is 596. The van der Waals surface area contributed by atoms with Crippen molar-refractivity contribution >= 4 is 63.8 Å². The fourth-order valence-electron chi connectivity index (χ4n) is 1.20. The molecule has 0 aliphatic carbocycles. The summed E-state index contributed by atoms with van der Waals surface area (Å²) in [5, 5.41) is 10.4. The Morgan fingerprint density at radius 2 is 1.85 bits per heavy atom. The summed E-state index contributed by atoms with van der Waals surface area (Å²) >= 11 is 21.7. The molecule has 0 amide bonds. The number of esters is 1. The van der Waals surface area contributed by atoms with Gasteiger partial charge in [0.1, 0.15) is 0 Å². The van der Waals surface area contributed by atoms with Gasteiger partial charge in [-0.05, 0) is 6.92 Å². The predicted octanol–water partition coefficient (Wildman–Crippen LogP) is 3.73. The first-order valence-electron chi connectivity index (χ1n) is 4.82. The number of halogens is 4. The number of benzene rings is 1. The van der Waals surface area contributed by atoms with Crippen molar-refractivity contribution in [3.05, 3.63) is 32.8 Å². The topological polar surface area (TPSA) is 86.5 Å². The molecule has 0 fully saturated rings. The molecule has 1 rings (SSSR count). The Morgan fingerprint density at radius 3 is 2.25 bits per heavy atom. The smallest absolute Gasteiger partial charge is 0.364 e. The van der Waals surface area contributed by atoms with Gasteiger partial charge in [-0.1, -0.05) is 46.4 Å². The van der Waals surface area contributed by atoms with E-state index in [0.29, 0.717) is 0 Å². The Labute approximate surface area is 132 Å². The average molecular weight is 361 g/mol. The number of Topliss-reactive ketones (excluding diaryl/α,β-unsaturated/α-hetero) is 1. The normalized spacial score (nSPS) is 11.1. The summed E-state index contributed by atoms with van der Waals surface area (Å²) in [5.41, 5.74) is -0.708. The fourth-order valence-corrected chi connectivity index (χ4v) is 1.57. The molecule has 20 heavy (non-hydrogen) atoms. The number of ether oxygens (including phenoxy) is 1. The monoisotopic (exact) mass is 359 g/mol. The van der Waals surface area contributed by atoms with Gasteiger partial charge in [-0.15, -0.1) is 0 Å². The van der Waals surface area contributed by atoms with Crippen LogP contribution < -0.4 is 4.74 Å². The second kappa shape index (κ2) is 6.13. The lowest BCUT2D eigenvalue weighted by atomic mass is 10.1. The molecule has 10 heteroatoms. The van der Waals surface area contributed by atoms with Crippen LogP contribution in [0.5, 0.6) is 5.75 Å². The van der Waals surface area contributed by atoms with E-state index >= 15 is 0 Å². The van der Waals surface area contributed by atoms with Crippen molar-refractivity contribution in [2.75, 3.05) is 0 Å². The summed E-state index contributed by atoms with van der Waals surface area (Å²) in [4.78, 5) is 32.8. The van der Waals surface area contributed by atoms with Crippen molar-refractivity contribution in [2.45, 2.75) is 10.7 Å². The van der Waals surface area contributed by atoms with Crippen LogP contribution in [0.1, 0.15) is 17.3 Å². The zero-order valence-electron chi connectivity index (χ0n) is 9.66. The molecular weight excluding hydrogens is 356 g/mol. The van der Waals surface area contributed by atoms with E-state index in [2.05, 4.69) is 0 Å². The van der Waals surface area contributed by atoms with Gasteiger partial charge in [0.25, 0.3) is 9.48 Å². The number of ketones is 1. The van der Waals surface area contributed by atoms with Gasteiger partial charge in [0, 0.05) is 12.1 Å². The number of nitro groups is 1. The molecule has 0 aliphatic heterocycles. The molecule has 1 aromatic carbocycles. The highest BCUT2D eigenvalue weighted by atomic mass is 35.6. The molecule has 1 aromatic rings. The summed E-state index contributed by atoms with van der Waals surface area (Å²) < 4.78 is 2.35. The van der Waals surface area contributed by atoms with Crippen molar-refractivity contribution in [1.82, 2.24) is 0 Å². The molecule has 0 N–H and O–H groups in total. The zero-order chi connectivity index (χ0) is 15.7. The number of non-ortho nitro benzene ring substituents is 1. The standard InChI is InChI=1S/C10H5Cl4NO5/c1-4(16)6-2-5(15(18)19)3-7(11)8(6)20-9(17)10(12,13)14/h2-3H,1H3. The number of alkyl halides is 3. The molecule has 0 aromatic heterocycles. The quantitative estimate of drug-likeness (QED) is 0.205. The van der Waals surface area contributed by atoms with Crippen LogP contribution in [0.3, 0.4) is 0 Å². The second-order valence-electron chi connectivity index (χ2n) is 3.50. The van der Waals surface area contributed by atoms with Gasteiger partial charge in [0.15, 0.2) is 11.5 Å². The summed E-state index contributed by atoms with van der Waals surface area (Å²) in [6.07, 6.45) is 0. The maximum atomic E-state index is 11.5. The number of nitro benzene ring substituents is 1. The minimum atomic E-state index is -2.38.